The van der Waals surface area contributed by atoms with Crippen LogP contribution in [-0.2, 0) is 4.79 Å². The van der Waals surface area contributed by atoms with E-state index in [9.17, 15) is 9.18 Å². The number of ether oxygens (including phenoxy) is 2. The number of halogens is 1. The maximum absolute atomic E-state index is 13.5. The Bertz CT molecular complexity index is 1390. The number of furan rings is 1. The largest absolute Gasteiger partial charge is 0.496 e. The maximum Gasteiger partial charge on any atom is 0.248 e. The highest BCUT2D eigenvalue weighted by atomic mass is 19.1. The number of rotatable bonds is 7. The van der Waals surface area contributed by atoms with Crippen LogP contribution in [0.25, 0.3) is 27.7 Å². The number of fused-ring (bicyclic) bond motifs is 1. The molecule has 0 atom stereocenters. The number of allylic oxidation sites excluding steroid dienone is 1. The van der Waals surface area contributed by atoms with Gasteiger partial charge in [-0.3, -0.25) is 4.79 Å². The van der Waals surface area contributed by atoms with E-state index in [-0.39, 0.29) is 5.91 Å². The van der Waals surface area contributed by atoms with E-state index in [2.05, 4.69) is 5.32 Å². The zero-order chi connectivity index (χ0) is 24.2. The third kappa shape index (κ3) is 4.53. The first-order valence-electron chi connectivity index (χ1n) is 11.0. The molecule has 1 aromatic heterocycles. The summed E-state index contributed by atoms with van der Waals surface area (Å²) in [6.07, 6.45) is 3.20. The first kappa shape index (κ1) is 23.1. The molecule has 0 aliphatic carbocycles. The zero-order valence-electron chi connectivity index (χ0n) is 19.6. The Morgan fingerprint density at radius 1 is 1.12 bits per heavy atom. The Labute approximate surface area is 197 Å². The lowest BCUT2D eigenvalue weighted by Gasteiger charge is -2.15. The number of anilines is 1. The standard InChI is InChI=1S/C28H26FNO4/c1-5-33-27-18(3)28-23(24(16-34-28)21-11-6-7-12-25(21)32-4)15-22(27)17(2)13-26(31)30-20-10-8-9-19(29)14-20/h6-16H,5H2,1-4H3,(H,30,31)/b17-13+. The summed E-state index contributed by atoms with van der Waals surface area (Å²) in [4.78, 5) is 12.7. The molecule has 0 radical (unpaired) electrons. The van der Waals surface area contributed by atoms with Crippen LogP contribution in [0.4, 0.5) is 10.1 Å². The number of nitrogens with one attached hydrogen (secondary N) is 1. The van der Waals surface area contributed by atoms with Crippen LogP contribution in [0.5, 0.6) is 11.5 Å². The summed E-state index contributed by atoms with van der Waals surface area (Å²) in [7, 11) is 1.63. The Morgan fingerprint density at radius 3 is 2.65 bits per heavy atom. The second-order valence-electron chi connectivity index (χ2n) is 7.86. The Kier molecular flexibility index (Phi) is 6.68. The maximum atomic E-state index is 13.5. The summed E-state index contributed by atoms with van der Waals surface area (Å²) in [6.45, 7) is 6.15. The van der Waals surface area contributed by atoms with Gasteiger partial charge in [-0.2, -0.15) is 0 Å². The lowest BCUT2D eigenvalue weighted by atomic mass is 9.96. The van der Waals surface area contributed by atoms with Crippen LogP contribution in [0.15, 0.2) is 71.4 Å². The molecule has 6 heteroatoms. The van der Waals surface area contributed by atoms with Crippen molar-refractivity contribution in [2.75, 3.05) is 19.0 Å². The molecular formula is C28H26FNO4. The van der Waals surface area contributed by atoms with E-state index in [0.29, 0.717) is 29.2 Å². The van der Waals surface area contributed by atoms with Gasteiger partial charge in [0.1, 0.15) is 22.9 Å². The SMILES string of the molecule is CCOc1c(/C(C)=C/C(=O)Nc2cccc(F)c2)cc2c(-c3ccccc3OC)coc2c1C. The van der Waals surface area contributed by atoms with Crippen LogP contribution in [0, 0.1) is 12.7 Å². The second-order valence-corrected chi connectivity index (χ2v) is 7.86. The van der Waals surface area contributed by atoms with Crippen molar-refractivity contribution in [1.82, 2.24) is 0 Å². The van der Waals surface area contributed by atoms with Crippen molar-refractivity contribution in [1.29, 1.82) is 0 Å². The number of amides is 1. The number of benzene rings is 3. The highest BCUT2D eigenvalue weighted by Gasteiger charge is 2.20. The van der Waals surface area contributed by atoms with Gasteiger partial charge in [0.2, 0.25) is 5.91 Å². The van der Waals surface area contributed by atoms with Crippen molar-refractivity contribution in [2.24, 2.45) is 0 Å². The smallest absolute Gasteiger partial charge is 0.248 e. The monoisotopic (exact) mass is 459 g/mol. The van der Waals surface area contributed by atoms with Crippen molar-refractivity contribution < 1.29 is 23.1 Å². The lowest BCUT2D eigenvalue weighted by molar-refractivity contribution is -0.111. The van der Waals surface area contributed by atoms with E-state index in [0.717, 1.165) is 33.4 Å². The number of hydrogen-bond acceptors (Lipinski definition) is 4. The molecule has 0 bridgehead atoms. The highest BCUT2D eigenvalue weighted by molar-refractivity contribution is 6.06. The Hall–Kier alpha value is -4.06. The van der Waals surface area contributed by atoms with E-state index < -0.39 is 5.82 Å². The normalized spacial score (nSPS) is 11.5. The third-order valence-corrected chi connectivity index (χ3v) is 5.59. The van der Waals surface area contributed by atoms with Gasteiger partial charge in [-0.25, -0.2) is 4.39 Å². The fourth-order valence-electron chi connectivity index (χ4n) is 4.03. The summed E-state index contributed by atoms with van der Waals surface area (Å²) in [5, 5.41) is 3.59. The number of methoxy groups -OCH3 is 1. The topological polar surface area (TPSA) is 60.7 Å². The molecule has 174 valence electrons. The average molecular weight is 460 g/mol. The minimum Gasteiger partial charge on any atom is -0.496 e. The highest BCUT2D eigenvalue weighted by Crippen LogP contribution is 2.42. The lowest BCUT2D eigenvalue weighted by Crippen LogP contribution is -2.09. The van der Waals surface area contributed by atoms with E-state index in [1.54, 1.807) is 25.5 Å². The molecule has 4 aromatic rings. The van der Waals surface area contributed by atoms with Crippen molar-refractivity contribution in [2.45, 2.75) is 20.8 Å². The number of aryl methyl sites for hydroxylation is 1. The molecule has 0 saturated carbocycles. The molecule has 0 saturated heterocycles. The predicted molar refractivity (Wildman–Crippen MR) is 133 cm³/mol. The molecule has 0 aliphatic rings. The zero-order valence-corrected chi connectivity index (χ0v) is 19.6. The molecule has 4 rings (SSSR count). The number of para-hydroxylation sites is 1. The van der Waals surface area contributed by atoms with E-state index in [1.807, 2.05) is 51.1 Å². The molecule has 1 heterocycles. The van der Waals surface area contributed by atoms with Crippen LogP contribution < -0.4 is 14.8 Å². The van der Waals surface area contributed by atoms with Gasteiger partial charge in [0, 0.05) is 39.4 Å². The van der Waals surface area contributed by atoms with Gasteiger partial charge in [0.05, 0.1) is 20.0 Å². The molecule has 1 N–H and O–H groups in total. The average Bonchev–Trinajstić information content (AvgIpc) is 3.24. The second kappa shape index (κ2) is 9.83. The van der Waals surface area contributed by atoms with Crippen molar-refractivity contribution in [3.8, 4) is 22.6 Å². The quantitative estimate of drug-likeness (QED) is 0.302. The van der Waals surface area contributed by atoms with E-state index in [4.69, 9.17) is 13.9 Å². The molecule has 1 amide bonds. The first-order chi connectivity index (χ1) is 16.4. The van der Waals surface area contributed by atoms with Gasteiger partial charge < -0.3 is 19.2 Å². The number of carbonyl (C=O) groups is 1. The Morgan fingerprint density at radius 2 is 1.91 bits per heavy atom. The van der Waals surface area contributed by atoms with Crippen molar-refractivity contribution in [3.05, 3.63) is 83.9 Å². The van der Waals surface area contributed by atoms with Gasteiger partial charge in [-0.1, -0.05) is 24.3 Å². The molecule has 3 aromatic carbocycles. The van der Waals surface area contributed by atoms with Crippen LogP contribution in [-0.4, -0.2) is 19.6 Å². The number of carbonyl (C=O) groups excluding carboxylic acids is 1. The van der Waals surface area contributed by atoms with Crippen LogP contribution >= 0.6 is 0 Å². The van der Waals surface area contributed by atoms with Crippen LogP contribution in [0.2, 0.25) is 0 Å². The minimum absolute atomic E-state index is 0.361. The van der Waals surface area contributed by atoms with Crippen molar-refractivity contribution >= 4 is 28.1 Å². The number of hydrogen-bond donors (Lipinski definition) is 1. The molecule has 5 nitrogen and oxygen atoms in total. The summed E-state index contributed by atoms with van der Waals surface area (Å²) in [5.74, 6) is 0.616. The fourth-order valence-corrected chi connectivity index (χ4v) is 4.03. The van der Waals surface area contributed by atoms with Crippen LogP contribution in [0.1, 0.15) is 25.0 Å². The van der Waals surface area contributed by atoms with Crippen molar-refractivity contribution in [3.63, 3.8) is 0 Å². The first-order valence-corrected chi connectivity index (χ1v) is 11.0. The summed E-state index contributed by atoms with van der Waals surface area (Å²) < 4.78 is 30.9. The summed E-state index contributed by atoms with van der Waals surface area (Å²) in [5.41, 5.74) is 5.21. The van der Waals surface area contributed by atoms with E-state index in [1.165, 1.54) is 18.2 Å². The fraction of sp³-hybridized carbons (Fsp3) is 0.179. The third-order valence-electron chi connectivity index (χ3n) is 5.59. The molecule has 0 fully saturated rings. The van der Waals surface area contributed by atoms with Gasteiger partial charge in [0.25, 0.3) is 0 Å². The molecule has 0 unspecified atom stereocenters. The van der Waals surface area contributed by atoms with Gasteiger partial charge in [-0.15, -0.1) is 0 Å². The molecular weight excluding hydrogens is 433 g/mol. The molecule has 34 heavy (non-hydrogen) atoms. The van der Waals surface area contributed by atoms with Gasteiger partial charge >= 0.3 is 0 Å². The Balaban J connectivity index is 1.81. The minimum atomic E-state index is -0.415. The van der Waals surface area contributed by atoms with Crippen LogP contribution in [0.3, 0.4) is 0 Å². The summed E-state index contributed by atoms with van der Waals surface area (Å²) >= 11 is 0. The van der Waals surface area contributed by atoms with Gasteiger partial charge in [0.15, 0.2) is 0 Å². The van der Waals surface area contributed by atoms with Gasteiger partial charge in [-0.05, 0) is 56.7 Å². The predicted octanol–water partition coefficient (Wildman–Crippen LogP) is 7.00. The van der Waals surface area contributed by atoms with E-state index >= 15 is 0 Å². The summed E-state index contributed by atoms with van der Waals surface area (Å²) in [6, 6.07) is 15.5. The molecule has 0 spiro atoms. The molecule has 0 aliphatic heterocycles.